The lowest BCUT2D eigenvalue weighted by Crippen LogP contribution is -2.36. The molecule has 3 heteroatoms. The van der Waals surface area contributed by atoms with E-state index in [4.69, 9.17) is 0 Å². The molecule has 2 aliphatic heterocycles. The summed E-state index contributed by atoms with van der Waals surface area (Å²) in [5.74, 6) is 1.34. The van der Waals surface area contributed by atoms with Crippen molar-refractivity contribution in [3.05, 3.63) is 0 Å². The largest absolute Gasteiger partial charge is 0.317 e. The summed E-state index contributed by atoms with van der Waals surface area (Å²) < 4.78 is 0. The van der Waals surface area contributed by atoms with Crippen molar-refractivity contribution in [2.45, 2.75) is 63.3 Å². The molecule has 2 saturated heterocycles. The molecule has 1 N–H and O–H groups in total. The number of nitrogens with zero attached hydrogens (tertiary/aromatic N) is 1. The minimum absolute atomic E-state index is 0.827. The van der Waals surface area contributed by atoms with E-state index in [1.54, 1.807) is 0 Å². The van der Waals surface area contributed by atoms with E-state index in [0.29, 0.717) is 0 Å². The monoisotopic (exact) mass is 256 g/mol. The highest BCUT2D eigenvalue weighted by Crippen LogP contribution is 2.27. The summed E-state index contributed by atoms with van der Waals surface area (Å²) in [5, 5.41) is 4.37. The average molecular weight is 256 g/mol. The highest BCUT2D eigenvalue weighted by molar-refractivity contribution is 7.99. The molecule has 0 aromatic carbocycles. The van der Waals surface area contributed by atoms with Crippen LogP contribution in [0.4, 0.5) is 0 Å². The van der Waals surface area contributed by atoms with Gasteiger partial charge in [0.05, 0.1) is 0 Å². The number of hydrogen-bond acceptors (Lipinski definition) is 3. The maximum atomic E-state index is 3.45. The Hall–Kier alpha value is 0.270. The van der Waals surface area contributed by atoms with E-state index in [9.17, 15) is 0 Å². The van der Waals surface area contributed by atoms with Crippen molar-refractivity contribution < 1.29 is 0 Å². The summed E-state index contributed by atoms with van der Waals surface area (Å²) in [4.78, 5) is 2.76. The molecule has 2 nitrogen and oxygen atoms in total. The van der Waals surface area contributed by atoms with E-state index >= 15 is 0 Å². The van der Waals surface area contributed by atoms with Crippen LogP contribution < -0.4 is 5.32 Å². The van der Waals surface area contributed by atoms with Crippen LogP contribution in [0.2, 0.25) is 0 Å². The summed E-state index contributed by atoms with van der Waals surface area (Å²) >= 11 is 2.22. The molecule has 2 fully saturated rings. The van der Waals surface area contributed by atoms with E-state index in [1.807, 2.05) is 0 Å². The van der Waals surface area contributed by atoms with Gasteiger partial charge in [0.2, 0.25) is 0 Å². The lowest BCUT2D eigenvalue weighted by Gasteiger charge is -2.29. The number of piperidine rings is 1. The standard InChI is InChI=1S/C14H28N2S/c1-3-13-5-4-12(2)16(13)10-11-17-14-6-8-15-9-7-14/h12-15H,3-11H2,1-2H3. The molecular formula is C14H28N2S. The lowest BCUT2D eigenvalue weighted by atomic mass is 10.2. The van der Waals surface area contributed by atoms with Gasteiger partial charge in [-0.3, -0.25) is 4.90 Å². The lowest BCUT2D eigenvalue weighted by molar-refractivity contribution is 0.212. The first-order chi connectivity index (χ1) is 8.31. The van der Waals surface area contributed by atoms with E-state index < -0.39 is 0 Å². The fourth-order valence-corrected chi connectivity index (χ4v) is 4.47. The third-order valence-electron chi connectivity index (χ3n) is 4.41. The van der Waals surface area contributed by atoms with Crippen molar-refractivity contribution in [2.24, 2.45) is 0 Å². The SMILES string of the molecule is CCC1CCC(C)N1CCSC1CCNCC1. The van der Waals surface area contributed by atoms with Crippen LogP contribution in [0.15, 0.2) is 0 Å². The molecule has 2 unspecified atom stereocenters. The quantitative estimate of drug-likeness (QED) is 0.814. The van der Waals surface area contributed by atoms with Gasteiger partial charge in [-0.25, -0.2) is 0 Å². The normalized spacial score (nSPS) is 32.1. The highest BCUT2D eigenvalue weighted by Gasteiger charge is 2.28. The van der Waals surface area contributed by atoms with Crippen molar-refractivity contribution in [2.75, 3.05) is 25.4 Å². The fraction of sp³-hybridized carbons (Fsp3) is 1.00. The number of hydrogen-bond donors (Lipinski definition) is 1. The van der Waals surface area contributed by atoms with Gasteiger partial charge < -0.3 is 5.32 Å². The highest BCUT2D eigenvalue weighted by atomic mass is 32.2. The van der Waals surface area contributed by atoms with E-state index in [-0.39, 0.29) is 0 Å². The van der Waals surface area contributed by atoms with Crippen molar-refractivity contribution in [3.8, 4) is 0 Å². The van der Waals surface area contributed by atoms with Crippen LogP contribution in [0.3, 0.4) is 0 Å². The van der Waals surface area contributed by atoms with Crippen LogP contribution in [0.5, 0.6) is 0 Å². The first-order valence-corrected chi connectivity index (χ1v) is 8.44. The molecule has 2 heterocycles. The Bertz CT molecular complexity index is 216. The zero-order valence-electron chi connectivity index (χ0n) is 11.5. The molecular weight excluding hydrogens is 228 g/mol. The minimum Gasteiger partial charge on any atom is -0.317 e. The number of rotatable bonds is 5. The molecule has 0 aromatic heterocycles. The second kappa shape index (κ2) is 7.01. The zero-order chi connectivity index (χ0) is 12.1. The summed E-state index contributed by atoms with van der Waals surface area (Å²) in [6, 6.07) is 1.70. The second-order valence-corrected chi connectivity index (χ2v) is 6.95. The first-order valence-electron chi connectivity index (χ1n) is 7.39. The van der Waals surface area contributed by atoms with Gasteiger partial charge in [0.15, 0.2) is 0 Å². The van der Waals surface area contributed by atoms with Crippen LogP contribution in [0, 0.1) is 0 Å². The molecule has 17 heavy (non-hydrogen) atoms. The third-order valence-corrected chi connectivity index (χ3v) is 5.77. The molecule has 0 bridgehead atoms. The topological polar surface area (TPSA) is 15.3 Å². The smallest absolute Gasteiger partial charge is 0.00963 e. The average Bonchev–Trinajstić information content (AvgIpc) is 2.72. The molecule has 0 aromatic rings. The number of likely N-dealkylation sites (tertiary alicyclic amines) is 1. The third kappa shape index (κ3) is 3.87. The molecule has 0 amide bonds. The summed E-state index contributed by atoms with van der Waals surface area (Å²) in [6.45, 7) is 8.53. The molecule has 0 aliphatic carbocycles. The van der Waals surface area contributed by atoms with Crippen LogP contribution in [-0.4, -0.2) is 47.6 Å². The Morgan fingerprint density at radius 3 is 2.65 bits per heavy atom. The molecule has 100 valence electrons. The predicted molar refractivity (Wildman–Crippen MR) is 77.8 cm³/mol. The maximum Gasteiger partial charge on any atom is 0.00963 e. The van der Waals surface area contributed by atoms with Gasteiger partial charge in [-0.05, 0) is 52.1 Å². The van der Waals surface area contributed by atoms with Crippen LogP contribution in [0.1, 0.15) is 46.0 Å². The zero-order valence-corrected chi connectivity index (χ0v) is 12.3. The summed E-state index contributed by atoms with van der Waals surface area (Å²) in [6.07, 6.45) is 6.92. The van der Waals surface area contributed by atoms with Crippen molar-refractivity contribution in [3.63, 3.8) is 0 Å². The molecule has 0 saturated carbocycles. The Labute approximate surface area is 111 Å². The Balaban J connectivity index is 1.66. The van der Waals surface area contributed by atoms with Gasteiger partial charge >= 0.3 is 0 Å². The Kier molecular flexibility index (Phi) is 5.64. The molecule has 0 spiro atoms. The molecule has 0 radical (unpaired) electrons. The first kappa shape index (κ1) is 13.7. The summed E-state index contributed by atoms with van der Waals surface area (Å²) in [5.41, 5.74) is 0. The van der Waals surface area contributed by atoms with Gasteiger partial charge in [0.25, 0.3) is 0 Å². The van der Waals surface area contributed by atoms with Crippen molar-refractivity contribution >= 4 is 11.8 Å². The van der Waals surface area contributed by atoms with Gasteiger partial charge in [-0.2, -0.15) is 11.8 Å². The van der Waals surface area contributed by atoms with Crippen LogP contribution in [-0.2, 0) is 0 Å². The van der Waals surface area contributed by atoms with Crippen LogP contribution >= 0.6 is 11.8 Å². The second-order valence-electron chi connectivity index (χ2n) is 5.55. The minimum atomic E-state index is 0.827. The van der Waals surface area contributed by atoms with Crippen LogP contribution in [0.25, 0.3) is 0 Å². The molecule has 2 rings (SSSR count). The predicted octanol–water partition coefficient (Wildman–Crippen LogP) is 2.73. The maximum absolute atomic E-state index is 3.45. The van der Waals surface area contributed by atoms with Gasteiger partial charge in [0.1, 0.15) is 0 Å². The Morgan fingerprint density at radius 1 is 1.18 bits per heavy atom. The summed E-state index contributed by atoms with van der Waals surface area (Å²) in [7, 11) is 0. The van der Waals surface area contributed by atoms with Crippen molar-refractivity contribution in [1.29, 1.82) is 0 Å². The van der Waals surface area contributed by atoms with E-state index in [2.05, 4.69) is 35.8 Å². The molecule has 2 aliphatic rings. The Morgan fingerprint density at radius 2 is 1.94 bits per heavy atom. The molecule has 2 atom stereocenters. The fourth-order valence-electron chi connectivity index (χ4n) is 3.25. The van der Waals surface area contributed by atoms with Gasteiger partial charge in [-0.15, -0.1) is 0 Å². The van der Waals surface area contributed by atoms with Gasteiger partial charge in [0, 0.05) is 29.6 Å². The van der Waals surface area contributed by atoms with E-state index in [0.717, 1.165) is 17.3 Å². The van der Waals surface area contributed by atoms with Crippen molar-refractivity contribution in [1.82, 2.24) is 10.2 Å². The number of nitrogens with one attached hydrogen (secondary N) is 1. The van der Waals surface area contributed by atoms with Gasteiger partial charge in [-0.1, -0.05) is 6.92 Å². The number of thioether (sulfide) groups is 1. The van der Waals surface area contributed by atoms with E-state index in [1.165, 1.54) is 57.5 Å².